The lowest BCUT2D eigenvalue weighted by Gasteiger charge is -2.06. The third kappa shape index (κ3) is 6.72. The van der Waals surface area contributed by atoms with E-state index in [0.29, 0.717) is 12.3 Å². The molecule has 0 fully saturated rings. The normalized spacial score (nSPS) is 10.2. The Bertz CT molecular complexity index is 762. The fourth-order valence-electron chi connectivity index (χ4n) is 2.32. The molecular weight excluding hydrogens is 336 g/mol. The van der Waals surface area contributed by atoms with Crippen LogP contribution >= 0.6 is 0 Å². The molecule has 2 aromatic carbocycles. The molecule has 26 heavy (non-hydrogen) atoms. The Balaban J connectivity index is 1.64. The highest BCUT2D eigenvalue weighted by molar-refractivity contribution is 5.92. The molecule has 0 spiro atoms. The highest BCUT2D eigenvalue weighted by Gasteiger charge is 2.10. The van der Waals surface area contributed by atoms with Crippen molar-refractivity contribution in [1.29, 1.82) is 0 Å². The second-order valence-corrected chi connectivity index (χ2v) is 5.67. The third-order valence-corrected chi connectivity index (χ3v) is 3.61. The van der Waals surface area contributed by atoms with Crippen LogP contribution in [-0.2, 0) is 20.7 Å². The van der Waals surface area contributed by atoms with Gasteiger partial charge in [0.2, 0.25) is 5.91 Å². The Hall–Kier alpha value is -3.22. The Labute approximate surface area is 151 Å². The molecule has 0 unspecified atom stereocenters. The Morgan fingerprint density at radius 3 is 2.54 bits per heavy atom. The lowest BCUT2D eigenvalue weighted by Crippen LogP contribution is -2.15. The van der Waals surface area contributed by atoms with Crippen molar-refractivity contribution in [2.24, 2.45) is 0 Å². The number of hydrogen-bond acceptors (Lipinski definition) is 5. The van der Waals surface area contributed by atoms with Crippen LogP contribution < -0.4 is 5.32 Å². The van der Waals surface area contributed by atoms with E-state index >= 15 is 0 Å². The standard InChI is InChI=1S/C19H20N2O5/c22-18(20-16-9-4-10-17(14-16)21(24)25)11-12-19(23)26-13-5-8-15-6-2-1-3-7-15/h1-4,6-7,9-10,14H,5,8,11-13H2,(H,20,22). The Kier molecular flexibility index (Phi) is 7.30. The van der Waals surface area contributed by atoms with Gasteiger partial charge in [0.25, 0.3) is 5.69 Å². The van der Waals surface area contributed by atoms with Crippen LogP contribution in [-0.4, -0.2) is 23.4 Å². The van der Waals surface area contributed by atoms with E-state index in [9.17, 15) is 19.7 Å². The minimum Gasteiger partial charge on any atom is -0.466 e. The molecule has 136 valence electrons. The molecule has 0 bridgehead atoms. The van der Waals surface area contributed by atoms with Gasteiger partial charge in [-0.15, -0.1) is 0 Å². The maximum atomic E-state index is 11.8. The number of aryl methyl sites for hydroxylation is 1. The molecule has 2 rings (SSSR count). The van der Waals surface area contributed by atoms with Crippen molar-refractivity contribution in [1.82, 2.24) is 0 Å². The zero-order chi connectivity index (χ0) is 18.8. The van der Waals surface area contributed by atoms with Crippen molar-refractivity contribution in [2.45, 2.75) is 25.7 Å². The second kappa shape index (κ2) is 9.93. The first-order valence-electron chi connectivity index (χ1n) is 8.28. The second-order valence-electron chi connectivity index (χ2n) is 5.67. The van der Waals surface area contributed by atoms with Gasteiger partial charge in [0.1, 0.15) is 0 Å². The average molecular weight is 356 g/mol. The van der Waals surface area contributed by atoms with Gasteiger partial charge in [-0.05, 0) is 24.5 Å². The molecule has 0 aliphatic carbocycles. The number of hydrogen-bond donors (Lipinski definition) is 1. The van der Waals surface area contributed by atoms with Crippen LogP contribution in [0.2, 0.25) is 0 Å². The number of carbonyl (C=O) groups excluding carboxylic acids is 2. The van der Waals surface area contributed by atoms with E-state index in [1.165, 1.54) is 23.8 Å². The largest absolute Gasteiger partial charge is 0.466 e. The van der Waals surface area contributed by atoms with E-state index in [1.54, 1.807) is 6.07 Å². The van der Waals surface area contributed by atoms with Gasteiger partial charge in [0.05, 0.1) is 18.0 Å². The van der Waals surface area contributed by atoms with E-state index in [-0.39, 0.29) is 18.5 Å². The first kappa shape index (κ1) is 19.1. The quantitative estimate of drug-likeness (QED) is 0.321. The molecule has 1 N–H and O–H groups in total. The number of nitro groups is 1. The summed E-state index contributed by atoms with van der Waals surface area (Å²) in [5, 5.41) is 13.2. The topological polar surface area (TPSA) is 98.5 Å². The van der Waals surface area contributed by atoms with Crippen LogP contribution in [0.4, 0.5) is 11.4 Å². The van der Waals surface area contributed by atoms with Crippen LogP contribution in [0.15, 0.2) is 54.6 Å². The fraction of sp³-hybridized carbons (Fsp3) is 0.263. The smallest absolute Gasteiger partial charge is 0.306 e. The number of ether oxygens (including phenoxy) is 1. The highest BCUT2D eigenvalue weighted by Crippen LogP contribution is 2.17. The van der Waals surface area contributed by atoms with Crippen molar-refractivity contribution in [3.05, 3.63) is 70.3 Å². The van der Waals surface area contributed by atoms with Crippen molar-refractivity contribution in [3.8, 4) is 0 Å². The molecule has 0 radical (unpaired) electrons. The number of esters is 1. The molecular formula is C19H20N2O5. The van der Waals surface area contributed by atoms with Crippen molar-refractivity contribution >= 4 is 23.3 Å². The van der Waals surface area contributed by atoms with E-state index in [4.69, 9.17) is 4.74 Å². The highest BCUT2D eigenvalue weighted by atomic mass is 16.6. The fourth-order valence-corrected chi connectivity index (χ4v) is 2.32. The van der Waals surface area contributed by atoms with E-state index in [1.807, 2.05) is 30.3 Å². The van der Waals surface area contributed by atoms with Crippen LogP contribution in [0.3, 0.4) is 0 Å². The van der Waals surface area contributed by atoms with Gasteiger partial charge >= 0.3 is 5.97 Å². The van der Waals surface area contributed by atoms with Crippen molar-refractivity contribution in [2.75, 3.05) is 11.9 Å². The van der Waals surface area contributed by atoms with E-state index in [0.717, 1.165) is 12.8 Å². The van der Waals surface area contributed by atoms with Crippen LogP contribution in [0.1, 0.15) is 24.8 Å². The number of nitro benzene ring substituents is 1. The van der Waals surface area contributed by atoms with Gasteiger partial charge in [-0.2, -0.15) is 0 Å². The molecule has 0 saturated carbocycles. The maximum absolute atomic E-state index is 11.8. The van der Waals surface area contributed by atoms with Crippen molar-refractivity contribution in [3.63, 3.8) is 0 Å². The molecule has 7 heteroatoms. The summed E-state index contributed by atoms with van der Waals surface area (Å²) in [6, 6.07) is 15.5. The number of rotatable bonds is 9. The Morgan fingerprint density at radius 1 is 1.04 bits per heavy atom. The summed E-state index contributed by atoms with van der Waals surface area (Å²) in [4.78, 5) is 33.6. The number of benzene rings is 2. The van der Waals surface area contributed by atoms with Gasteiger partial charge in [-0.25, -0.2) is 0 Å². The number of non-ortho nitro benzene ring substituents is 1. The van der Waals surface area contributed by atoms with Crippen molar-refractivity contribution < 1.29 is 19.2 Å². The first-order chi connectivity index (χ1) is 12.5. The summed E-state index contributed by atoms with van der Waals surface area (Å²) in [5.74, 6) is -0.834. The van der Waals surface area contributed by atoms with Gasteiger partial charge in [-0.1, -0.05) is 36.4 Å². The lowest BCUT2D eigenvalue weighted by atomic mass is 10.1. The monoisotopic (exact) mass is 356 g/mol. The lowest BCUT2D eigenvalue weighted by molar-refractivity contribution is -0.384. The maximum Gasteiger partial charge on any atom is 0.306 e. The minimum atomic E-state index is -0.539. The molecule has 2 aromatic rings. The summed E-state index contributed by atoms with van der Waals surface area (Å²) < 4.78 is 5.11. The zero-order valence-electron chi connectivity index (χ0n) is 14.2. The van der Waals surface area contributed by atoms with E-state index < -0.39 is 16.8 Å². The third-order valence-electron chi connectivity index (χ3n) is 3.61. The Morgan fingerprint density at radius 2 is 1.81 bits per heavy atom. The van der Waals surface area contributed by atoms with Crippen LogP contribution in [0.5, 0.6) is 0 Å². The summed E-state index contributed by atoms with van der Waals surface area (Å²) in [5.41, 5.74) is 1.39. The number of anilines is 1. The molecule has 0 atom stereocenters. The predicted octanol–water partition coefficient (Wildman–Crippen LogP) is 3.49. The number of amides is 1. The minimum absolute atomic E-state index is 0.0356. The van der Waals surface area contributed by atoms with Gasteiger partial charge < -0.3 is 10.1 Å². The summed E-state index contributed by atoms with van der Waals surface area (Å²) in [6.07, 6.45) is 1.46. The van der Waals surface area contributed by atoms with Gasteiger partial charge in [0, 0.05) is 24.2 Å². The molecule has 1 amide bonds. The van der Waals surface area contributed by atoms with Crippen LogP contribution in [0.25, 0.3) is 0 Å². The molecule has 0 aromatic heterocycles. The SMILES string of the molecule is O=C(CCC(=O)OCCCc1ccccc1)Nc1cccc([N+](=O)[O-])c1. The number of nitrogens with zero attached hydrogens (tertiary/aromatic N) is 1. The van der Waals surface area contributed by atoms with E-state index in [2.05, 4.69) is 5.32 Å². The van der Waals surface area contributed by atoms with Gasteiger partial charge in [0.15, 0.2) is 0 Å². The number of nitrogens with one attached hydrogen (secondary N) is 1. The summed E-state index contributed by atoms with van der Waals surface area (Å²) in [6.45, 7) is 0.306. The molecule has 0 saturated heterocycles. The van der Waals surface area contributed by atoms with Gasteiger partial charge in [-0.3, -0.25) is 19.7 Å². The first-order valence-corrected chi connectivity index (χ1v) is 8.28. The van der Waals surface area contributed by atoms with Crippen LogP contribution in [0, 0.1) is 10.1 Å². The molecule has 7 nitrogen and oxygen atoms in total. The average Bonchev–Trinajstić information content (AvgIpc) is 2.64. The molecule has 0 heterocycles. The molecule has 0 aliphatic rings. The molecule has 0 aliphatic heterocycles. The number of carbonyl (C=O) groups is 2. The summed E-state index contributed by atoms with van der Waals surface area (Å²) in [7, 11) is 0. The summed E-state index contributed by atoms with van der Waals surface area (Å²) >= 11 is 0. The predicted molar refractivity (Wildman–Crippen MR) is 96.7 cm³/mol. The zero-order valence-corrected chi connectivity index (χ0v) is 14.2.